The molecule has 0 aliphatic heterocycles. The number of carboxylic acid groups (broad SMARTS) is 1. The van der Waals surface area contributed by atoms with Crippen molar-refractivity contribution in [3.63, 3.8) is 0 Å². The summed E-state index contributed by atoms with van der Waals surface area (Å²) in [4.78, 5) is 14.9. The van der Waals surface area contributed by atoms with Crippen molar-refractivity contribution in [2.75, 3.05) is 0 Å². The molecular weight excluding hydrogens is 394 g/mol. The number of alkyl halides is 6. The highest BCUT2D eigenvalue weighted by molar-refractivity contribution is 5.93. The van der Waals surface area contributed by atoms with Crippen LogP contribution >= 0.6 is 0 Å². The first-order chi connectivity index (χ1) is 13.0. The average Bonchev–Trinajstić information content (AvgIpc) is 3.10. The van der Waals surface area contributed by atoms with E-state index in [0.29, 0.717) is 12.1 Å². The molecule has 11 heteroatoms. The SMILES string of the molecule is O=C([O-])c1ccccc1-c1nc(-c2cc(C(F)(F)F)cc(C(F)(F)F)c2)no1. The van der Waals surface area contributed by atoms with Crippen molar-refractivity contribution >= 4 is 5.97 Å². The molecule has 0 fully saturated rings. The van der Waals surface area contributed by atoms with Crippen molar-refractivity contribution in [2.24, 2.45) is 0 Å². The average molecular weight is 401 g/mol. The van der Waals surface area contributed by atoms with Crippen LogP contribution in [0.5, 0.6) is 0 Å². The van der Waals surface area contributed by atoms with E-state index in [-0.39, 0.29) is 17.2 Å². The Morgan fingerprint density at radius 3 is 2.04 bits per heavy atom. The summed E-state index contributed by atoms with van der Waals surface area (Å²) in [5.74, 6) is -2.55. The minimum Gasteiger partial charge on any atom is -0.545 e. The van der Waals surface area contributed by atoms with E-state index in [1.165, 1.54) is 24.3 Å². The van der Waals surface area contributed by atoms with Crippen molar-refractivity contribution < 1.29 is 40.8 Å². The monoisotopic (exact) mass is 401 g/mol. The lowest BCUT2D eigenvalue weighted by Gasteiger charge is -2.12. The van der Waals surface area contributed by atoms with Gasteiger partial charge in [0.1, 0.15) is 0 Å². The third-order valence-corrected chi connectivity index (χ3v) is 3.65. The standard InChI is InChI=1S/C17H8F6N2O3/c18-16(19,20)9-5-8(6-10(7-9)17(21,22)23)13-24-14(28-25-13)11-3-1-2-4-12(11)15(26)27/h1-7H,(H,26,27)/p-1. The normalized spacial score (nSPS) is 12.2. The first-order valence-electron chi connectivity index (χ1n) is 7.41. The van der Waals surface area contributed by atoms with E-state index in [0.717, 1.165) is 0 Å². The van der Waals surface area contributed by atoms with Gasteiger partial charge in [-0.15, -0.1) is 0 Å². The molecule has 0 saturated carbocycles. The van der Waals surface area contributed by atoms with E-state index in [9.17, 15) is 36.2 Å². The predicted octanol–water partition coefficient (Wildman–Crippen LogP) is 3.80. The van der Waals surface area contributed by atoms with Gasteiger partial charge in [0.2, 0.25) is 5.82 Å². The van der Waals surface area contributed by atoms with Crippen LogP contribution in [0.4, 0.5) is 26.3 Å². The molecule has 0 aliphatic carbocycles. The molecule has 3 aromatic rings. The van der Waals surface area contributed by atoms with E-state index >= 15 is 0 Å². The molecule has 0 N–H and O–H groups in total. The fourth-order valence-electron chi connectivity index (χ4n) is 2.38. The third kappa shape index (κ3) is 3.82. The minimum absolute atomic E-state index is 0.0319. The number of carbonyl (C=O) groups excluding carboxylic acids is 1. The summed E-state index contributed by atoms with van der Waals surface area (Å²) in [7, 11) is 0. The molecule has 1 heterocycles. The Bertz CT molecular complexity index is 1010. The molecule has 5 nitrogen and oxygen atoms in total. The Balaban J connectivity index is 2.13. The molecule has 3 rings (SSSR count). The van der Waals surface area contributed by atoms with Crippen LogP contribution in [0.15, 0.2) is 47.0 Å². The highest BCUT2D eigenvalue weighted by Gasteiger charge is 2.37. The maximum Gasteiger partial charge on any atom is 0.416 e. The lowest BCUT2D eigenvalue weighted by molar-refractivity contribution is -0.255. The molecule has 28 heavy (non-hydrogen) atoms. The topological polar surface area (TPSA) is 79.0 Å². The van der Waals surface area contributed by atoms with Crippen LogP contribution in [-0.2, 0) is 12.4 Å². The number of hydrogen-bond donors (Lipinski definition) is 0. The zero-order chi connectivity index (χ0) is 20.7. The number of carboxylic acids is 1. The largest absolute Gasteiger partial charge is 0.545 e. The molecule has 0 unspecified atom stereocenters. The second-order valence-corrected chi connectivity index (χ2v) is 5.55. The second-order valence-electron chi connectivity index (χ2n) is 5.55. The number of aromatic nitrogens is 2. The molecule has 146 valence electrons. The van der Waals surface area contributed by atoms with Crippen LogP contribution in [0, 0.1) is 0 Å². The number of nitrogens with zero attached hydrogens (tertiary/aromatic N) is 2. The summed E-state index contributed by atoms with van der Waals surface area (Å²) < 4.78 is 82.6. The maximum atomic E-state index is 13.0. The van der Waals surface area contributed by atoms with Crippen LogP contribution in [0.1, 0.15) is 21.5 Å². The number of benzene rings is 2. The number of aromatic carboxylic acids is 1. The Morgan fingerprint density at radius 2 is 1.50 bits per heavy atom. The van der Waals surface area contributed by atoms with Crippen LogP contribution in [0.2, 0.25) is 0 Å². The predicted molar refractivity (Wildman–Crippen MR) is 79.5 cm³/mol. The number of hydrogen-bond acceptors (Lipinski definition) is 5. The molecule has 0 atom stereocenters. The van der Waals surface area contributed by atoms with E-state index in [1.54, 1.807) is 0 Å². The van der Waals surface area contributed by atoms with Gasteiger partial charge in [-0.05, 0) is 24.3 Å². The summed E-state index contributed by atoms with van der Waals surface area (Å²) in [5.41, 5.74) is -4.11. The summed E-state index contributed by atoms with van der Waals surface area (Å²) in [6.45, 7) is 0. The summed E-state index contributed by atoms with van der Waals surface area (Å²) in [5, 5.41) is 14.5. The van der Waals surface area contributed by atoms with Crippen molar-refractivity contribution in [3.8, 4) is 22.8 Å². The molecule has 0 radical (unpaired) electrons. The minimum atomic E-state index is -5.04. The zero-order valence-electron chi connectivity index (χ0n) is 13.4. The molecule has 0 amide bonds. The summed E-state index contributed by atoms with van der Waals surface area (Å²) in [6, 6.07) is 6.10. The molecule has 0 aliphatic rings. The van der Waals surface area contributed by atoms with Crippen molar-refractivity contribution in [2.45, 2.75) is 12.4 Å². The lowest BCUT2D eigenvalue weighted by atomic mass is 10.0. The van der Waals surface area contributed by atoms with Gasteiger partial charge in [-0.25, -0.2) is 0 Å². The number of halogens is 6. The van der Waals surface area contributed by atoms with E-state index < -0.39 is 46.7 Å². The number of rotatable bonds is 3. The van der Waals surface area contributed by atoms with Crippen molar-refractivity contribution in [1.29, 1.82) is 0 Å². The fourth-order valence-corrected chi connectivity index (χ4v) is 2.38. The van der Waals surface area contributed by atoms with E-state index in [1.807, 2.05) is 0 Å². The first-order valence-corrected chi connectivity index (χ1v) is 7.41. The van der Waals surface area contributed by atoms with Crippen molar-refractivity contribution in [3.05, 3.63) is 59.2 Å². The van der Waals surface area contributed by atoms with Gasteiger partial charge >= 0.3 is 12.4 Å². The van der Waals surface area contributed by atoms with Gasteiger partial charge in [0.15, 0.2) is 0 Å². The lowest BCUT2D eigenvalue weighted by Crippen LogP contribution is -2.22. The highest BCUT2D eigenvalue weighted by atomic mass is 19.4. The molecular formula is C17H7F6N2O3-. The highest BCUT2D eigenvalue weighted by Crippen LogP contribution is 2.38. The van der Waals surface area contributed by atoms with Crippen LogP contribution in [0.3, 0.4) is 0 Å². The third-order valence-electron chi connectivity index (χ3n) is 3.65. The van der Waals surface area contributed by atoms with Gasteiger partial charge in [-0.1, -0.05) is 23.4 Å². The maximum absolute atomic E-state index is 13.0. The molecule has 1 aromatic heterocycles. The Morgan fingerprint density at radius 1 is 0.929 bits per heavy atom. The van der Waals surface area contributed by atoms with Gasteiger partial charge < -0.3 is 14.4 Å². The van der Waals surface area contributed by atoms with E-state index in [2.05, 4.69) is 10.1 Å². The fraction of sp³-hybridized carbons (Fsp3) is 0.118. The van der Waals surface area contributed by atoms with Gasteiger partial charge in [0.05, 0.1) is 17.1 Å². The smallest absolute Gasteiger partial charge is 0.416 e. The Hall–Kier alpha value is -3.37. The quantitative estimate of drug-likeness (QED) is 0.624. The zero-order valence-corrected chi connectivity index (χ0v) is 13.4. The van der Waals surface area contributed by atoms with Crippen LogP contribution < -0.4 is 5.11 Å². The second kappa shape index (κ2) is 6.66. The van der Waals surface area contributed by atoms with Gasteiger partial charge in [-0.3, -0.25) is 0 Å². The summed E-state index contributed by atoms with van der Waals surface area (Å²) >= 11 is 0. The van der Waals surface area contributed by atoms with E-state index in [4.69, 9.17) is 4.52 Å². The van der Waals surface area contributed by atoms with Gasteiger partial charge in [0.25, 0.3) is 5.89 Å². The van der Waals surface area contributed by atoms with Crippen LogP contribution in [-0.4, -0.2) is 16.1 Å². The molecule has 2 aromatic carbocycles. The van der Waals surface area contributed by atoms with Gasteiger partial charge in [0, 0.05) is 16.7 Å². The molecule has 0 bridgehead atoms. The Labute approximate surface area is 152 Å². The first kappa shape index (κ1) is 19.4. The summed E-state index contributed by atoms with van der Waals surface area (Å²) in [6.07, 6.45) is -10.1. The molecule has 0 saturated heterocycles. The van der Waals surface area contributed by atoms with Crippen molar-refractivity contribution in [1.82, 2.24) is 10.1 Å². The number of carbonyl (C=O) groups is 1. The molecule has 0 spiro atoms. The van der Waals surface area contributed by atoms with Gasteiger partial charge in [-0.2, -0.15) is 31.3 Å². The Kier molecular flexibility index (Phi) is 4.61. The van der Waals surface area contributed by atoms with Crippen LogP contribution in [0.25, 0.3) is 22.8 Å².